The van der Waals surface area contributed by atoms with Gasteiger partial charge in [0.2, 0.25) is 0 Å². The zero-order chi connectivity index (χ0) is 12.7. The molecular formula is C14H22N2O. The third-order valence-electron chi connectivity index (χ3n) is 2.87. The van der Waals surface area contributed by atoms with Gasteiger partial charge in [-0.3, -0.25) is 4.79 Å². The van der Waals surface area contributed by atoms with Crippen LogP contribution < -0.4 is 5.32 Å². The van der Waals surface area contributed by atoms with Gasteiger partial charge >= 0.3 is 0 Å². The van der Waals surface area contributed by atoms with Crippen molar-refractivity contribution >= 4 is 11.6 Å². The maximum Gasteiger partial charge on any atom is 0.255 e. The monoisotopic (exact) mass is 234 g/mol. The lowest BCUT2D eigenvalue weighted by atomic mass is 10.1. The molecule has 1 aromatic rings. The average molecular weight is 234 g/mol. The summed E-state index contributed by atoms with van der Waals surface area (Å²) in [5, 5.41) is 3.05. The summed E-state index contributed by atoms with van der Waals surface area (Å²) < 4.78 is 0. The molecule has 1 amide bonds. The van der Waals surface area contributed by atoms with Gasteiger partial charge < -0.3 is 10.2 Å². The summed E-state index contributed by atoms with van der Waals surface area (Å²) in [4.78, 5) is 14.0. The first kappa shape index (κ1) is 13.6. The second kappa shape index (κ2) is 6.94. The lowest BCUT2D eigenvalue weighted by Gasteiger charge is -2.18. The van der Waals surface area contributed by atoms with Crippen LogP contribution in [0.4, 0.5) is 5.69 Å². The number of rotatable bonds is 6. The first-order valence-electron chi connectivity index (χ1n) is 6.23. The van der Waals surface area contributed by atoms with Gasteiger partial charge in [-0.1, -0.05) is 31.9 Å². The fraction of sp³-hybridized carbons (Fsp3) is 0.500. The molecule has 94 valence electrons. The van der Waals surface area contributed by atoms with Crippen molar-refractivity contribution in [1.29, 1.82) is 0 Å². The molecule has 0 radical (unpaired) electrons. The molecular weight excluding hydrogens is 212 g/mol. The molecule has 0 unspecified atom stereocenters. The Bertz CT molecular complexity index is 363. The zero-order valence-corrected chi connectivity index (χ0v) is 11.0. The summed E-state index contributed by atoms with van der Waals surface area (Å²) in [5.41, 5.74) is 1.63. The normalized spacial score (nSPS) is 10.1. The molecule has 0 aliphatic heterocycles. The van der Waals surface area contributed by atoms with Crippen molar-refractivity contribution in [3.05, 3.63) is 29.8 Å². The highest BCUT2D eigenvalue weighted by molar-refractivity contribution is 5.99. The van der Waals surface area contributed by atoms with Gasteiger partial charge in [-0.25, -0.2) is 0 Å². The molecule has 1 rings (SSSR count). The first-order valence-corrected chi connectivity index (χ1v) is 6.23. The number of hydrogen-bond acceptors (Lipinski definition) is 2. The maximum atomic E-state index is 12.2. The van der Waals surface area contributed by atoms with Gasteiger partial charge in [-0.2, -0.15) is 0 Å². The van der Waals surface area contributed by atoms with Crippen molar-refractivity contribution in [1.82, 2.24) is 4.90 Å². The standard InChI is InChI=1S/C14H22N2O/c1-4-5-8-11-16(3)14(17)12-9-6-7-10-13(12)15-2/h6-7,9-10,15H,4-5,8,11H2,1-3H3. The highest BCUT2D eigenvalue weighted by Crippen LogP contribution is 2.16. The van der Waals surface area contributed by atoms with E-state index in [1.807, 2.05) is 38.4 Å². The molecule has 0 aliphatic rings. The Kier molecular flexibility index (Phi) is 5.53. The van der Waals surface area contributed by atoms with Crippen LogP contribution in [0, 0.1) is 0 Å². The van der Waals surface area contributed by atoms with E-state index in [-0.39, 0.29) is 5.91 Å². The number of para-hydroxylation sites is 1. The fourth-order valence-corrected chi connectivity index (χ4v) is 1.79. The van der Waals surface area contributed by atoms with Gasteiger partial charge in [0.05, 0.1) is 5.56 Å². The largest absolute Gasteiger partial charge is 0.387 e. The van der Waals surface area contributed by atoms with Crippen LogP contribution in [-0.4, -0.2) is 31.4 Å². The second-order valence-corrected chi connectivity index (χ2v) is 4.23. The van der Waals surface area contributed by atoms with Crippen LogP contribution in [0.2, 0.25) is 0 Å². The molecule has 0 aromatic heterocycles. The number of hydrogen-bond donors (Lipinski definition) is 1. The van der Waals surface area contributed by atoms with Crippen LogP contribution in [0.15, 0.2) is 24.3 Å². The van der Waals surface area contributed by atoms with Crippen molar-refractivity contribution in [3.63, 3.8) is 0 Å². The zero-order valence-electron chi connectivity index (χ0n) is 11.0. The Labute approximate surface area is 104 Å². The predicted molar refractivity (Wildman–Crippen MR) is 72.5 cm³/mol. The maximum absolute atomic E-state index is 12.2. The molecule has 0 aliphatic carbocycles. The van der Waals surface area contributed by atoms with Gasteiger partial charge in [0, 0.05) is 26.3 Å². The molecule has 0 atom stereocenters. The van der Waals surface area contributed by atoms with Gasteiger partial charge in [-0.15, -0.1) is 0 Å². The number of carbonyl (C=O) groups excluding carboxylic acids is 1. The smallest absolute Gasteiger partial charge is 0.255 e. The average Bonchev–Trinajstić information content (AvgIpc) is 2.38. The number of unbranched alkanes of at least 4 members (excludes halogenated alkanes) is 2. The minimum absolute atomic E-state index is 0.0889. The number of amides is 1. The van der Waals surface area contributed by atoms with E-state index in [0.717, 1.165) is 24.2 Å². The number of benzene rings is 1. The lowest BCUT2D eigenvalue weighted by Crippen LogP contribution is -2.28. The molecule has 0 spiro atoms. The molecule has 0 saturated heterocycles. The van der Waals surface area contributed by atoms with Crippen LogP contribution in [0.25, 0.3) is 0 Å². The van der Waals surface area contributed by atoms with E-state index in [0.29, 0.717) is 0 Å². The minimum Gasteiger partial charge on any atom is -0.387 e. The molecule has 0 heterocycles. The Morgan fingerprint density at radius 2 is 2.00 bits per heavy atom. The highest BCUT2D eigenvalue weighted by atomic mass is 16.2. The minimum atomic E-state index is 0.0889. The summed E-state index contributed by atoms with van der Waals surface area (Å²) in [6.45, 7) is 2.99. The fourth-order valence-electron chi connectivity index (χ4n) is 1.79. The third kappa shape index (κ3) is 3.77. The molecule has 1 N–H and O–H groups in total. The van der Waals surface area contributed by atoms with Gasteiger partial charge in [0.25, 0.3) is 5.91 Å². The number of nitrogens with zero attached hydrogens (tertiary/aromatic N) is 1. The van der Waals surface area contributed by atoms with Crippen molar-refractivity contribution in [2.75, 3.05) is 26.0 Å². The number of carbonyl (C=O) groups is 1. The quantitative estimate of drug-likeness (QED) is 0.767. The van der Waals surface area contributed by atoms with Gasteiger partial charge in [-0.05, 0) is 18.6 Å². The third-order valence-corrected chi connectivity index (χ3v) is 2.87. The predicted octanol–water partition coefficient (Wildman–Crippen LogP) is 2.99. The molecule has 0 saturated carbocycles. The van der Waals surface area contributed by atoms with E-state index in [1.165, 1.54) is 12.8 Å². The molecule has 0 bridgehead atoms. The molecule has 17 heavy (non-hydrogen) atoms. The summed E-state index contributed by atoms with van der Waals surface area (Å²) in [5.74, 6) is 0.0889. The lowest BCUT2D eigenvalue weighted by molar-refractivity contribution is 0.0793. The first-order chi connectivity index (χ1) is 8.20. The second-order valence-electron chi connectivity index (χ2n) is 4.23. The van der Waals surface area contributed by atoms with Crippen LogP contribution in [0.5, 0.6) is 0 Å². The Morgan fingerprint density at radius 3 is 2.65 bits per heavy atom. The van der Waals surface area contributed by atoms with Crippen molar-refractivity contribution in [2.24, 2.45) is 0 Å². The van der Waals surface area contributed by atoms with Crippen LogP contribution in [0.3, 0.4) is 0 Å². The number of nitrogens with one attached hydrogen (secondary N) is 1. The topological polar surface area (TPSA) is 32.3 Å². The Balaban J connectivity index is 2.67. The van der Waals surface area contributed by atoms with E-state index >= 15 is 0 Å². The summed E-state index contributed by atoms with van der Waals surface area (Å²) in [6, 6.07) is 7.62. The van der Waals surface area contributed by atoms with E-state index in [2.05, 4.69) is 12.2 Å². The molecule has 0 fully saturated rings. The van der Waals surface area contributed by atoms with E-state index in [1.54, 1.807) is 4.90 Å². The van der Waals surface area contributed by atoms with Gasteiger partial charge in [0.1, 0.15) is 0 Å². The molecule has 3 nitrogen and oxygen atoms in total. The molecule has 3 heteroatoms. The SMILES string of the molecule is CCCCCN(C)C(=O)c1ccccc1NC. The van der Waals surface area contributed by atoms with Crippen molar-refractivity contribution in [3.8, 4) is 0 Å². The highest BCUT2D eigenvalue weighted by Gasteiger charge is 2.14. The summed E-state index contributed by atoms with van der Waals surface area (Å²) in [7, 11) is 3.70. The van der Waals surface area contributed by atoms with Crippen molar-refractivity contribution < 1.29 is 4.79 Å². The summed E-state index contributed by atoms with van der Waals surface area (Å²) >= 11 is 0. The Hall–Kier alpha value is -1.51. The van der Waals surface area contributed by atoms with Crippen LogP contribution in [0.1, 0.15) is 36.5 Å². The van der Waals surface area contributed by atoms with E-state index < -0.39 is 0 Å². The van der Waals surface area contributed by atoms with E-state index in [4.69, 9.17) is 0 Å². The van der Waals surface area contributed by atoms with Crippen LogP contribution >= 0.6 is 0 Å². The van der Waals surface area contributed by atoms with Crippen LogP contribution in [-0.2, 0) is 0 Å². The molecule has 1 aromatic carbocycles. The van der Waals surface area contributed by atoms with Crippen molar-refractivity contribution in [2.45, 2.75) is 26.2 Å². The van der Waals surface area contributed by atoms with E-state index in [9.17, 15) is 4.79 Å². The van der Waals surface area contributed by atoms with Gasteiger partial charge in [0.15, 0.2) is 0 Å². The Morgan fingerprint density at radius 1 is 1.29 bits per heavy atom. The summed E-state index contributed by atoms with van der Waals surface area (Å²) in [6.07, 6.45) is 3.42. The number of anilines is 1.